The summed E-state index contributed by atoms with van der Waals surface area (Å²) in [6.07, 6.45) is -3.47. The number of anilines is 2. The van der Waals surface area contributed by atoms with E-state index in [0.29, 0.717) is 50.7 Å². The van der Waals surface area contributed by atoms with Gasteiger partial charge >= 0.3 is 12.1 Å². The van der Waals surface area contributed by atoms with Crippen LogP contribution < -0.4 is 20.7 Å². The maximum Gasteiger partial charge on any atom is 0.429 e. The highest BCUT2D eigenvalue weighted by atomic mass is 35.5. The monoisotopic (exact) mass is 636 g/mol. The van der Waals surface area contributed by atoms with Gasteiger partial charge in [-0.25, -0.2) is 4.68 Å². The second-order valence-electron chi connectivity index (χ2n) is 11.7. The van der Waals surface area contributed by atoms with Gasteiger partial charge in [-0.15, -0.1) is 0 Å². The standard InChI is InChI=1S/C29H36ClF3N8O3/c1-18-6-9-41(38-18)22-14-19(30)4-5-20(22)25(29(31,32)33)44-24-15-23(36-27(34)37-24)40-10-7-28(8-11-40)16-21(35-17-28)26(42)43-13-12-39(2)3/h4-6,9,14-15,21,25,35H,7-8,10-13,16-17H2,1-3H3,(H2,34,36,37). The number of ether oxygens (including phenoxy) is 2. The van der Waals surface area contributed by atoms with Crippen molar-refractivity contribution < 1.29 is 27.4 Å². The molecule has 2 fully saturated rings. The van der Waals surface area contributed by atoms with E-state index in [0.717, 1.165) is 12.8 Å². The number of benzene rings is 1. The molecule has 1 aromatic carbocycles. The first-order valence-electron chi connectivity index (χ1n) is 14.3. The van der Waals surface area contributed by atoms with Crippen molar-refractivity contribution in [2.75, 3.05) is 57.5 Å². The number of aromatic nitrogens is 4. The molecule has 1 spiro atoms. The minimum atomic E-state index is -4.80. The lowest BCUT2D eigenvalue weighted by Crippen LogP contribution is -2.41. The van der Waals surface area contributed by atoms with Crippen LogP contribution in [0.15, 0.2) is 36.5 Å². The summed E-state index contributed by atoms with van der Waals surface area (Å²) in [4.78, 5) is 24.7. The average Bonchev–Trinajstić information content (AvgIpc) is 3.58. The van der Waals surface area contributed by atoms with Gasteiger partial charge in [0.05, 0.1) is 11.4 Å². The van der Waals surface area contributed by atoms with E-state index >= 15 is 0 Å². The highest BCUT2D eigenvalue weighted by molar-refractivity contribution is 6.30. The number of carbonyl (C=O) groups is 1. The molecular formula is C29H36ClF3N8O3. The van der Waals surface area contributed by atoms with Gasteiger partial charge in [0, 0.05) is 49.0 Å². The van der Waals surface area contributed by atoms with Crippen molar-refractivity contribution in [1.29, 1.82) is 0 Å². The second kappa shape index (κ2) is 12.8. The number of hydrogen-bond acceptors (Lipinski definition) is 10. The minimum absolute atomic E-state index is 0.0865. The van der Waals surface area contributed by atoms with E-state index in [9.17, 15) is 18.0 Å². The zero-order valence-electron chi connectivity index (χ0n) is 24.8. The van der Waals surface area contributed by atoms with Crippen LogP contribution in [0.4, 0.5) is 24.9 Å². The van der Waals surface area contributed by atoms with Crippen LogP contribution in [0.1, 0.15) is 36.6 Å². The van der Waals surface area contributed by atoms with E-state index in [1.54, 1.807) is 19.2 Å². The zero-order valence-corrected chi connectivity index (χ0v) is 25.5. The molecule has 4 heterocycles. The van der Waals surface area contributed by atoms with Crippen LogP contribution in [-0.4, -0.2) is 89.7 Å². The Morgan fingerprint density at radius 1 is 1.23 bits per heavy atom. The number of rotatable bonds is 9. The van der Waals surface area contributed by atoms with Gasteiger partial charge in [0.25, 0.3) is 0 Å². The van der Waals surface area contributed by atoms with Gasteiger partial charge in [-0.05, 0) is 63.9 Å². The Bertz CT molecular complexity index is 1480. The molecule has 238 valence electrons. The molecule has 2 saturated heterocycles. The Morgan fingerprint density at radius 3 is 2.64 bits per heavy atom. The van der Waals surface area contributed by atoms with E-state index in [-0.39, 0.29) is 45.5 Å². The molecule has 0 aliphatic carbocycles. The molecule has 0 amide bonds. The molecule has 3 N–H and O–H groups in total. The lowest BCUT2D eigenvalue weighted by atomic mass is 9.76. The van der Waals surface area contributed by atoms with Crippen LogP contribution in [0.3, 0.4) is 0 Å². The highest BCUT2D eigenvalue weighted by Gasteiger charge is 2.46. The summed E-state index contributed by atoms with van der Waals surface area (Å²) in [7, 11) is 3.83. The van der Waals surface area contributed by atoms with Crippen LogP contribution in [0.2, 0.25) is 5.02 Å². The molecule has 0 bridgehead atoms. The molecule has 2 aliphatic rings. The zero-order chi connectivity index (χ0) is 31.6. The van der Waals surface area contributed by atoms with Gasteiger partial charge in [-0.3, -0.25) is 4.79 Å². The van der Waals surface area contributed by atoms with Crippen molar-refractivity contribution in [3.8, 4) is 11.6 Å². The molecule has 11 nitrogen and oxygen atoms in total. The number of likely N-dealkylation sites (N-methyl/N-ethyl adjacent to an activating group) is 1. The second-order valence-corrected chi connectivity index (χ2v) is 12.1. The Kier molecular flexibility index (Phi) is 9.23. The number of nitrogens with two attached hydrogens (primary N) is 1. The first-order valence-corrected chi connectivity index (χ1v) is 14.7. The maximum absolute atomic E-state index is 14.5. The van der Waals surface area contributed by atoms with Gasteiger partial charge < -0.3 is 30.3 Å². The third-order valence-corrected chi connectivity index (χ3v) is 8.30. The number of hydrogen-bond donors (Lipinski definition) is 2. The number of nitrogens with one attached hydrogen (secondary N) is 1. The number of halogens is 4. The summed E-state index contributed by atoms with van der Waals surface area (Å²) in [5.41, 5.74) is 6.43. The van der Waals surface area contributed by atoms with E-state index in [2.05, 4.69) is 20.4 Å². The average molecular weight is 637 g/mol. The summed E-state index contributed by atoms with van der Waals surface area (Å²) in [6.45, 7) is 4.55. The predicted octanol–water partition coefficient (Wildman–Crippen LogP) is 3.94. The molecule has 0 radical (unpaired) electrons. The van der Waals surface area contributed by atoms with Crippen LogP contribution in [0.5, 0.6) is 5.88 Å². The number of piperidine rings is 1. The molecule has 2 aliphatic heterocycles. The van der Waals surface area contributed by atoms with Crippen LogP contribution >= 0.6 is 11.6 Å². The highest BCUT2D eigenvalue weighted by Crippen LogP contribution is 2.42. The first kappa shape index (κ1) is 31.8. The number of alkyl halides is 3. The summed E-state index contributed by atoms with van der Waals surface area (Å²) in [6, 6.07) is 6.73. The Balaban J connectivity index is 1.30. The van der Waals surface area contributed by atoms with Gasteiger partial charge in [0.15, 0.2) is 0 Å². The normalized spacial score (nSPS) is 19.0. The van der Waals surface area contributed by atoms with Crippen LogP contribution in [-0.2, 0) is 9.53 Å². The van der Waals surface area contributed by atoms with Crippen LogP contribution in [0.25, 0.3) is 5.69 Å². The van der Waals surface area contributed by atoms with E-state index in [4.69, 9.17) is 26.8 Å². The molecule has 2 aromatic heterocycles. The molecule has 2 atom stereocenters. The molecule has 3 aromatic rings. The lowest BCUT2D eigenvalue weighted by Gasteiger charge is -2.39. The topological polar surface area (TPSA) is 124 Å². The minimum Gasteiger partial charge on any atom is -0.463 e. The smallest absolute Gasteiger partial charge is 0.429 e. The molecule has 5 rings (SSSR count). The SMILES string of the molecule is Cc1ccn(-c2cc(Cl)ccc2C(Oc2cc(N3CCC4(CC3)CNC(C(=O)OCCN(C)C)C4)nc(N)n2)C(F)(F)F)n1. The van der Waals surface area contributed by atoms with Crippen molar-refractivity contribution in [1.82, 2.24) is 30.0 Å². The summed E-state index contributed by atoms with van der Waals surface area (Å²) < 4.78 is 55.8. The number of esters is 1. The summed E-state index contributed by atoms with van der Waals surface area (Å²) in [5, 5.41) is 7.81. The molecular weight excluding hydrogens is 601 g/mol. The third-order valence-electron chi connectivity index (χ3n) is 8.06. The van der Waals surface area contributed by atoms with Crippen molar-refractivity contribution in [2.24, 2.45) is 5.41 Å². The fourth-order valence-corrected chi connectivity index (χ4v) is 5.84. The maximum atomic E-state index is 14.5. The first-order chi connectivity index (χ1) is 20.8. The Hall–Kier alpha value is -3.62. The fourth-order valence-electron chi connectivity index (χ4n) is 5.67. The summed E-state index contributed by atoms with van der Waals surface area (Å²) >= 11 is 6.14. The van der Waals surface area contributed by atoms with Gasteiger partial charge in [-0.1, -0.05) is 17.7 Å². The molecule has 15 heteroatoms. The van der Waals surface area contributed by atoms with Crippen LogP contribution in [0, 0.1) is 12.3 Å². The van der Waals surface area contributed by atoms with Crippen molar-refractivity contribution in [3.63, 3.8) is 0 Å². The third kappa shape index (κ3) is 7.36. The van der Waals surface area contributed by atoms with Gasteiger partial charge in [0.1, 0.15) is 18.5 Å². The van der Waals surface area contributed by atoms with E-state index in [1.165, 1.54) is 28.9 Å². The van der Waals surface area contributed by atoms with E-state index in [1.807, 2.05) is 23.9 Å². The largest absolute Gasteiger partial charge is 0.463 e. The number of nitrogens with zero attached hydrogens (tertiary/aromatic N) is 6. The van der Waals surface area contributed by atoms with Gasteiger partial charge in [-0.2, -0.15) is 28.2 Å². The number of aryl methyl sites for hydroxylation is 1. The van der Waals surface area contributed by atoms with Crippen molar-refractivity contribution in [3.05, 3.63) is 52.8 Å². The molecule has 2 unspecified atom stereocenters. The van der Waals surface area contributed by atoms with Gasteiger partial charge in [0.2, 0.25) is 17.9 Å². The number of carbonyl (C=O) groups excluding carboxylic acids is 1. The molecule has 0 saturated carbocycles. The Morgan fingerprint density at radius 2 is 1.98 bits per heavy atom. The Labute approximate surface area is 258 Å². The quantitative estimate of drug-likeness (QED) is 0.334. The summed E-state index contributed by atoms with van der Waals surface area (Å²) in [5.74, 6) is -0.397. The van der Waals surface area contributed by atoms with Crippen molar-refractivity contribution >= 4 is 29.3 Å². The lowest BCUT2D eigenvalue weighted by molar-refractivity contribution is -0.198. The van der Waals surface area contributed by atoms with E-state index < -0.39 is 12.3 Å². The van der Waals surface area contributed by atoms with Crippen molar-refractivity contribution in [2.45, 2.75) is 44.5 Å². The number of nitrogen functional groups attached to an aromatic ring is 1. The predicted molar refractivity (Wildman–Crippen MR) is 159 cm³/mol. The molecule has 44 heavy (non-hydrogen) atoms. The fraction of sp³-hybridized carbons (Fsp3) is 0.517.